The third-order valence-corrected chi connectivity index (χ3v) is 3.13. The number of rotatable bonds is 4. The summed E-state index contributed by atoms with van der Waals surface area (Å²) >= 11 is 0. The maximum absolute atomic E-state index is 13.0. The van der Waals surface area contributed by atoms with Crippen LogP contribution in [-0.2, 0) is 0 Å². The molecular formula is C14H14FN5O. The fourth-order valence-electron chi connectivity index (χ4n) is 1.99. The van der Waals surface area contributed by atoms with Gasteiger partial charge in [0, 0.05) is 0 Å². The van der Waals surface area contributed by atoms with E-state index in [0.29, 0.717) is 29.0 Å². The van der Waals surface area contributed by atoms with Crippen LogP contribution in [0.2, 0.25) is 0 Å². The molecule has 0 radical (unpaired) electrons. The summed E-state index contributed by atoms with van der Waals surface area (Å²) in [5.41, 5.74) is 1.29. The van der Waals surface area contributed by atoms with E-state index in [9.17, 15) is 9.50 Å². The van der Waals surface area contributed by atoms with Gasteiger partial charge in [0.2, 0.25) is 0 Å². The van der Waals surface area contributed by atoms with Crippen molar-refractivity contribution >= 4 is 16.9 Å². The summed E-state index contributed by atoms with van der Waals surface area (Å²) in [5.74, 6) is 0.209. The van der Waals surface area contributed by atoms with Crippen molar-refractivity contribution in [2.45, 2.75) is 19.6 Å². The predicted octanol–water partition coefficient (Wildman–Crippen LogP) is 2.09. The van der Waals surface area contributed by atoms with E-state index < -0.39 is 6.23 Å². The number of benzene rings is 1. The van der Waals surface area contributed by atoms with Crippen molar-refractivity contribution in [3.63, 3.8) is 0 Å². The molecule has 0 fully saturated rings. The lowest BCUT2D eigenvalue weighted by Crippen LogP contribution is -2.18. The molecule has 0 amide bonds. The molecule has 3 rings (SSSR count). The molecular weight excluding hydrogens is 273 g/mol. The number of fused-ring (bicyclic) bond motifs is 1. The average molecular weight is 287 g/mol. The van der Waals surface area contributed by atoms with Gasteiger partial charge in [0.15, 0.2) is 5.65 Å². The van der Waals surface area contributed by atoms with Gasteiger partial charge in [-0.2, -0.15) is 5.10 Å². The van der Waals surface area contributed by atoms with Crippen molar-refractivity contribution < 1.29 is 9.50 Å². The van der Waals surface area contributed by atoms with Crippen LogP contribution >= 0.6 is 0 Å². The van der Waals surface area contributed by atoms with Gasteiger partial charge >= 0.3 is 0 Å². The van der Waals surface area contributed by atoms with E-state index in [2.05, 4.69) is 20.4 Å². The Balaban J connectivity index is 2.06. The van der Waals surface area contributed by atoms with Crippen LogP contribution in [0.1, 0.15) is 13.3 Å². The summed E-state index contributed by atoms with van der Waals surface area (Å²) in [6.45, 7) is 1.86. The van der Waals surface area contributed by atoms with Gasteiger partial charge < -0.3 is 10.4 Å². The lowest BCUT2D eigenvalue weighted by atomic mass is 10.3. The molecule has 0 saturated carbocycles. The van der Waals surface area contributed by atoms with E-state index in [1.807, 2.05) is 6.92 Å². The Morgan fingerprint density at radius 1 is 1.29 bits per heavy atom. The minimum absolute atomic E-state index is 0.307. The number of aliphatic hydroxyl groups excluding tert-OH is 1. The lowest BCUT2D eigenvalue weighted by molar-refractivity contribution is 0.199. The zero-order valence-electron chi connectivity index (χ0n) is 11.4. The molecule has 0 aliphatic rings. The highest BCUT2D eigenvalue weighted by Gasteiger charge is 2.12. The summed E-state index contributed by atoms with van der Waals surface area (Å²) in [6, 6.07) is 5.98. The molecule has 1 atom stereocenters. The smallest absolute Gasteiger partial charge is 0.168 e. The van der Waals surface area contributed by atoms with Crippen molar-refractivity contribution in [2.75, 3.05) is 5.32 Å². The van der Waals surface area contributed by atoms with Crippen LogP contribution in [-0.4, -0.2) is 31.1 Å². The predicted molar refractivity (Wildman–Crippen MR) is 76.5 cm³/mol. The van der Waals surface area contributed by atoms with Gasteiger partial charge in [0.25, 0.3) is 0 Å². The molecule has 2 aromatic heterocycles. The molecule has 108 valence electrons. The number of nitrogens with one attached hydrogen (secondary N) is 1. The van der Waals surface area contributed by atoms with Crippen LogP contribution in [0, 0.1) is 5.82 Å². The first-order chi connectivity index (χ1) is 10.2. The number of aromatic nitrogens is 4. The van der Waals surface area contributed by atoms with Crippen LogP contribution in [0.5, 0.6) is 0 Å². The number of hydrogen-bond acceptors (Lipinski definition) is 5. The molecule has 21 heavy (non-hydrogen) atoms. The second-order valence-corrected chi connectivity index (χ2v) is 4.56. The van der Waals surface area contributed by atoms with E-state index in [1.54, 1.807) is 23.0 Å². The van der Waals surface area contributed by atoms with E-state index >= 15 is 0 Å². The molecule has 7 heteroatoms. The van der Waals surface area contributed by atoms with E-state index in [0.717, 1.165) is 0 Å². The van der Waals surface area contributed by atoms with Crippen LogP contribution in [0.15, 0.2) is 36.8 Å². The molecule has 0 saturated heterocycles. The maximum Gasteiger partial charge on any atom is 0.168 e. The molecule has 0 bridgehead atoms. The Labute approximate surface area is 120 Å². The monoisotopic (exact) mass is 287 g/mol. The molecule has 3 aromatic rings. The van der Waals surface area contributed by atoms with Crippen molar-refractivity contribution in [1.82, 2.24) is 19.7 Å². The molecule has 1 aromatic carbocycles. The normalized spacial score (nSPS) is 12.5. The van der Waals surface area contributed by atoms with Crippen LogP contribution in [0.25, 0.3) is 16.7 Å². The largest absolute Gasteiger partial charge is 0.374 e. The number of halogens is 1. The molecule has 2 N–H and O–H groups in total. The Kier molecular flexibility index (Phi) is 3.49. The van der Waals surface area contributed by atoms with Gasteiger partial charge in [-0.15, -0.1) is 0 Å². The maximum atomic E-state index is 13.0. The minimum Gasteiger partial charge on any atom is -0.374 e. The van der Waals surface area contributed by atoms with Gasteiger partial charge in [0.1, 0.15) is 24.2 Å². The van der Waals surface area contributed by atoms with Crippen molar-refractivity contribution in [2.24, 2.45) is 0 Å². The summed E-state index contributed by atoms with van der Waals surface area (Å²) in [4.78, 5) is 8.33. The van der Waals surface area contributed by atoms with Crippen molar-refractivity contribution in [3.05, 3.63) is 42.6 Å². The Bertz CT molecular complexity index is 756. The molecule has 0 aliphatic carbocycles. The standard InChI is InChI=1S/C14H14FN5O/c1-2-12(21)19-13-11-7-18-20(14(11)17-8-16-13)10-5-3-9(15)4-6-10/h3-8,12,21H,2H2,1H3,(H,16,17,19)/t12-/m0/s1. The Morgan fingerprint density at radius 2 is 2.05 bits per heavy atom. The number of hydrogen-bond donors (Lipinski definition) is 2. The van der Waals surface area contributed by atoms with Gasteiger partial charge in [-0.25, -0.2) is 19.0 Å². The lowest BCUT2D eigenvalue weighted by Gasteiger charge is -2.11. The van der Waals surface area contributed by atoms with Gasteiger partial charge in [-0.3, -0.25) is 0 Å². The molecule has 2 heterocycles. The zero-order valence-corrected chi connectivity index (χ0v) is 11.4. The third kappa shape index (κ3) is 2.55. The highest BCUT2D eigenvalue weighted by atomic mass is 19.1. The summed E-state index contributed by atoms with van der Waals surface area (Å²) in [5, 5.41) is 17.5. The number of nitrogens with zero attached hydrogens (tertiary/aromatic N) is 4. The van der Waals surface area contributed by atoms with Gasteiger partial charge in [-0.05, 0) is 30.7 Å². The van der Waals surface area contributed by atoms with E-state index in [-0.39, 0.29) is 5.82 Å². The SMILES string of the molecule is CC[C@H](O)Nc1ncnc2c1cnn2-c1ccc(F)cc1. The molecule has 0 unspecified atom stereocenters. The third-order valence-electron chi connectivity index (χ3n) is 3.13. The second kappa shape index (κ2) is 5.45. The first-order valence-electron chi connectivity index (χ1n) is 6.58. The van der Waals surface area contributed by atoms with Crippen LogP contribution in [0.3, 0.4) is 0 Å². The van der Waals surface area contributed by atoms with E-state index in [4.69, 9.17) is 0 Å². The average Bonchev–Trinajstić information content (AvgIpc) is 2.93. The molecule has 6 nitrogen and oxygen atoms in total. The Hall–Kier alpha value is -2.54. The number of aliphatic hydroxyl groups is 1. The summed E-state index contributed by atoms with van der Waals surface area (Å²) in [6.07, 6.45) is 2.88. The molecule has 0 aliphatic heterocycles. The van der Waals surface area contributed by atoms with Crippen molar-refractivity contribution in [1.29, 1.82) is 0 Å². The highest BCUT2D eigenvalue weighted by molar-refractivity contribution is 5.87. The minimum atomic E-state index is -0.683. The zero-order chi connectivity index (χ0) is 14.8. The number of anilines is 1. The topological polar surface area (TPSA) is 75.9 Å². The summed E-state index contributed by atoms with van der Waals surface area (Å²) < 4.78 is 14.6. The Morgan fingerprint density at radius 3 is 2.76 bits per heavy atom. The van der Waals surface area contributed by atoms with Crippen LogP contribution in [0.4, 0.5) is 10.2 Å². The quantitative estimate of drug-likeness (QED) is 0.719. The highest BCUT2D eigenvalue weighted by Crippen LogP contribution is 2.22. The second-order valence-electron chi connectivity index (χ2n) is 4.56. The first-order valence-corrected chi connectivity index (χ1v) is 6.58. The van der Waals surface area contributed by atoms with Crippen LogP contribution < -0.4 is 5.32 Å². The van der Waals surface area contributed by atoms with Crippen molar-refractivity contribution in [3.8, 4) is 5.69 Å². The molecule has 0 spiro atoms. The van der Waals surface area contributed by atoms with Gasteiger partial charge in [0.05, 0.1) is 17.3 Å². The fraction of sp³-hybridized carbons (Fsp3) is 0.214. The first kappa shape index (κ1) is 13.4. The fourth-order valence-corrected chi connectivity index (χ4v) is 1.99. The van der Waals surface area contributed by atoms with E-state index in [1.165, 1.54) is 18.5 Å². The summed E-state index contributed by atoms with van der Waals surface area (Å²) in [7, 11) is 0. The van der Waals surface area contributed by atoms with Gasteiger partial charge in [-0.1, -0.05) is 6.92 Å².